The van der Waals surface area contributed by atoms with Gasteiger partial charge in [0.25, 0.3) is 0 Å². The first kappa shape index (κ1) is 12.6. The van der Waals surface area contributed by atoms with Gasteiger partial charge in [0.05, 0.1) is 12.3 Å². The second-order valence-corrected chi connectivity index (χ2v) is 4.69. The third-order valence-corrected chi connectivity index (χ3v) is 3.40. The SMILES string of the molecule is CC(C(=O)N(C)N)c1ccc2c(c1)CC(=O)N2C. The van der Waals surface area contributed by atoms with Gasteiger partial charge in [-0.2, -0.15) is 0 Å². The average Bonchev–Trinajstić information content (AvgIpc) is 2.62. The summed E-state index contributed by atoms with van der Waals surface area (Å²) >= 11 is 0. The van der Waals surface area contributed by atoms with Crippen molar-refractivity contribution in [2.75, 3.05) is 19.0 Å². The number of amides is 2. The smallest absolute Gasteiger partial charge is 0.243 e. The van der Waals surface area contributed by atoms with Crippen molar-refractivity contribution in [3.05, 3.63) is 29.3 Å². The summed E-state index contributed by atoms with van der Waals surface area (Å²) in [7, 11) is 3.29. The van der Waals surface area contributed by atoms with Crippen LogP contribution in [0.4, 0.5) is 5.69 Å². The summed E-state index contributed by atoms with van der Waals surface area (Å²) in [4.78, 5) is 25.0. The molecule has 2 amide bonds. The van der Waals surface area contributed by atoms with Gasteiger partial charge in [-0.25, -0.2) is 5.84 Å². The zero-order valence-corrected chi connectivity index (χ0v) is 10.8. The number of hydrazine groups is 1. The van der Waals surface area contributed by atoms with Crippen LogP contribution in [0, 0.1) is 0 Å². The van der Waals surface area contributed by atoms with Crippen molar-refractivity contribution in [2.24, 2.45) is 5.84 Å². The molecule has 5 heteroatoms. The lowest BCUT2D eigenvalue weighted by Gasteiger charge is -2.17. The molecule has 2 N–H and O–H groups in total. The molecule has 0 saturated carbocycles. The Morgan fingerprint density at radius 3 is 2.78 bits per heavy atom. The zero-order valence-electron chi connectivity index (χ0n) is 10.8. The van der Waals surface area contributed by atoms with Gasteiger partial charge < -0.3 is 4.90 Å². The van der Waals surface area contributed by atoms with E-state index < -0.39 is 0 Å². The molecule has 18 heavy (non-hydrogen) atoms. The van der Waals surface area contributed by atoms with E-state index in [1.54, 1.807) is 11.9 Å². The number of rotatable bonds is 2. The highest BCUT2D eigenvalue weighted by molar-refractivity contribution is 6.01. The van der Waals surface area contributed by atoms with E-state index in [0.717, 1.165) is 21.8 Å². The molecule has 1 aliphatic heterocycles. The molecule has 5 nitrogen and oxygen atoms in total. The Labute approximate surface area is 106 Å². The molecule has 1 aromatic rings. The molecule has 1 aliphatic rings. The van der Waals surface area contributed by atoms with Crippen LogP contribution in [-0.4, -0.2) is 30.9 Å². The zero-order chi connectivity index (χ0) is 13.4. The maximum atomic E-state index is 11.8. The van der Waals surface area contributed by atoms with Crippen LogP contribution in [0.2, 0.25) is 0 Å². The second kappa shape index (κ2) is 4.42. The lowest BCUT2D eigenvalue weighted by atomic mass is 9.97. The molecule has 0 fully saturated rings. The highest BCUT2D eigenvalue weighted by atomic mass is 16.2. The number of fused-ring (bicyclic) bond motifs is 1. The van der Waals surface area contributed by atoms with Crippen molar-refractivity contribution in [3.63, 3.8) is 0 Å². The predicted octanol–water partition coefficient (Wildman–Crippen LogP) is 0.641. The fourth-order valence-corrected chi connectivity index (χ4v) is 2.21. The van der Waals surface area contributed by atoms with E-state index >= 15 is 0 Å². The van der Waals surface area contributed by atoms with Gasteiger partial charge in [0, 0.05) is 19.8 Å². The fourth-order valence-electron chi connectivity index (χ4n) is 2.21. The van der Waals surface area contributed by atoms with Gasteiger partial charge in [-0.15, -0.1) is 0 Å². The number of carbonyl (C=O) groups excluding carboxylic acids is 2. The maximum absolute atomic E-state index is 11.8. The normalized spacial score (nSPS) is 15.6. The predicted molar refractivity (Wildman–Crippen MR) is 68.9 cm³/mol. The van der Waals surface area contributed by atoms with Crippen LogP contribution < -0.4 is 10.7 Å². The number of nitrogens with two attached hydrogens (primary N) is 1. The molecular weight excluding hydrogens is 230 g/mol. The van der Waals surface area contributed by atoms with Crippen LogP contribution in [0.5, 0.6) is 0 Å². The lowest BCUT2D eigenvalue weighted by Crippen LogP contribution is -2.36. The molecule has 0 radical (unpaired) electrons. The van der Waals surface area contributed by atoms with E-state index in [2.05, 4.69) is 0 Å². The van der Waals surface area contributed by atoms with Crippen LogP contribution in [0.3, 0.4) is 0 Å². The number of anilines is 1. The molecule has 0 aromatic heterocycles. The molecule has 1 heterocycles. The van der Waals surface area contributed by atoms with E-state index in [1.807, 2.05) is 25.1 Å². The Morgan fingerprint density at radius 2 is 2.17 bits per heavy atom. The van der Waals surface area contributed by atoms with Crippen LogP contribution in [0.25, 0.3) is 0 Å². The van der Waals surface area contributed by atoms with E-state index in [-0.39, 0.29) is 17.7 Å². The number of benzene rings is 1. The first-order chi connectivity index (χ1) is 8.41. The van der Waals surface area contributed by atoms with Crippen molar-refractivity contribution < 1.29 is 9.59 Å². The molecule has 96 valence electrons. The summed E-state index contributed by atoms with van der Waals surface area (Å²) in [5.41, 5.74) is 2.78. The fraction of sp³-hybridized carbons (Fsp3) is 0.385. The summed E-state index contributed by atoms with van der Waals surface area (Å²) in [5.74, 6) is 5.09. The van der Waals surface area contributed by atoms with Crippen LogP contribution >= 0.6 is 0 Å². The number of hydrogen-bond donors (Lipinski definition) is 1. The number of carbonyl (C=O) groups is 2. The quantitative estimate of drug-likeness (QED) is 0.474. The molecular formula is C13H17N3O2. The standard InChI is InChI=1S/C13H17N3O2/c1-8(13(18)16(3)14)9-4-5-11-10(6-9)7-12(17)15(11)2/h4-6,8H,7,14H2,1-3H3. The van der Waals surface area contributed by atoms with E-state index in [4.69, 9.17) is 5.84 Å². The Hall–Kier alpha value is -1.88. The van der Waals surface area contributed by atoms with Crippen LogP contribution in [-0.2, 0) is 16.0 Å². The summed E-state index contributed by atoms with van der Waals surface area (Å²) in [6.45, 7) is 1.81. The van der Waals surface area contributed by atoms with Gasteiger partial charge in [-0.1, -0.05) is 12.1 Å². The van der Waals surface area contributed by atoms with Crippen molar-refractivity contribution >= 4 is 17.5 Å². The highest BCUT2D eigenvalue weighted by Crippen LogP contribution is 2.30. The van der Waals surface area contributed by atoms with Gasteiger partial charge in [0.2, 0.25) is 11.8 Å². The minimum absolute atomic E-state index is 0.0806. The number of hydrogen-bond acceptors (Lipinski definition) is 3. The first-order valence-corrected chi connectivity index (χ1v) is 5.83. The van der Waals surface area contributed by atoms with Crippen LogP contribution in [0.15, 0.2) is 18.2 Å². The Morgan fingerprint density at radius 1 is 1.50 bits per heavy atom. The van der Waals surface area contributed by atoms with Gasteiger partial charge in [0.1, 0.15) is 0 Å². The second-order valence-electron chi connectivity index (χ2n) is 4.69. The average molecular weight is 247 g/mol. The van der Waals surface area contributed by atoms with Crippen molar-refractivity contribution in [1.82, 2.24) is 5.01 Å². The minimum Gasteiger partial charge on any atom is -0.315 e. The van der Waals surface area contributed by atoms with Gasteiger partial charge in [0.15, 0.2) is 0 Å². The Bertz CT molecular complexity index is 511. The topological polar surface area (TPSA) is 66.6 Å². The molecule has 1 unspecified atom stereocenters. The van der Waals surface area contributed by atoms with Crippen LogP contribution in [0.1, 0.15) is 24.0 Å². The third kappa shape index (κ3) is 1.97. The summed E-state index contributed by atoms with van der Waals surface area (Å²) in [6.07, 6.45) is 0.402. The van der Waals surface area contributed by atoms with Crippen molar-refractivity contribution in [3.8, 4) is 0 Å². The molecule has 1 aromatic carbocycles. The van der Waals surface area contributed by atoms with Gasteiger partial charge in [-0.05, 0) is 24.1 Å². The van der Waals surface area contributed by atoms with Gasteiger partial charge in [-0.3, -0.25) is 14.6 Å². The Balaban J connectivity index is 2.31. The molecule has 0 aliphatic carbocycles. The monoisotopic (exact) mass is 247 g/mol. The summed E-state index contributed by atoms with van der Waals surface area (Å²) < 4.78 is 0. The number of nitrogens with zero attached hydrogens (tertiary/aromatic N) is 2. The molecule has 1 atom stereocenters. The third-order valence-electron chi connectivity index (χ3n) is 3.40. The molecule has 0 spiro atoms. The summed E-state index contributed by atoms with van der Waals surface area (Å²) in [6, 6.07) is 5.68. The molecule has 2 rings (SSSR count). The van der Waals surface area contributed by atoms with Crippen molar-refractivity contribution in [2.45, 2.75) is 19.3 Å². The van der Waals surface area contributed by atoms with Crippen molar-refractivity contribution in [1.29, 1.82) is 0 Å². The minimum atomic E-state index is -0.300. The van der Waals surface area contributed by atoms with Gasteiger partial charge >= 0.3 is 0 Å². The van der Waals surface area contributed by atoms with E-state index in [0.29, 0.717) is 6.42 Å². The maximum Gasteiger partial charge on any atom is 0.243 e. The number of likely N-dealkylation sites (N-methyl/N-ethyl adjacent to an activating group) is 2. The molecule has 0 saturated heterocycles. The first-order valence-electron chi connectivity index (χ1n) is 5.83. The molecule has 0 bridgehead atoms. The van der Waals surface area contributed by atoms with E-state index in [1.165, 1.54) is 7.05 Å². The summed E-state index contributed by atoms with van der Waals surface area (Å²) in [5, 5.41) is 1.09. The highest BCUT2D eigenvalue weighted by Gasteiger charge is 2.26. The lowest BCUT2D eigenvalue weighted by molar-refractivity contribution is -0.131. The largest absolute Gasteiger partial charge is 0.315 e. The Kier molecular flexibility index (Phi) is 3.09. The van der Waals surface area contributed by atoms with E-state index in [9.17, 15) is 9.59 Å².